The van der Waals surface area contributed by atoms with Gasteiger partial charge in [0.15, 0.2) is 0 Å². The van der Waals surface area contributed by atoms with Gasteiger partial charge in [0.25, 0.3) is 0 Å². The lowest BCUT2D eigenvalue weighted by Crippen LogP contribution is -2.17. The Kier molecular flexibility index (Phi) is 10.7. The molecule has 4 nitrogen and oxygen atoms in total. The molecule has 0 radical (unpaired) electrons. The van der Waals surface area contributed by atoms with Crippen molar-refractivity contribution in [3.63, 3.8) is 0 Å². The van der Waals surface area contributed by atoms with Crippen LogP contribution in [0.15, 0.2) is 170 Å². The minimum atomic E-state index is -0.312. The van der Waals surface area contributed by atoms with Gasteiger partial charge in [-0.2, -0.15) is 0 Å². The highest BCUT2D eigenvalue weighted by molar-refractivity contribution is 5.98. The van der Waals surface area contributed by atoms with Crippen molar-refractivity contribution in [3.05, 3.63) is 192 Å². The minimum Gasteiger partial charge on any atom is -0.507 e. The van der Waals surface area contributed by atoms with Crippen molar-refractivity contribution in [1.82, 2.24) is 14.5 Å². The van der Waals surface area contributed by atoms with Crippen molar-refractivity contribution in [1.29, 1.82) is 0 Å². The van der Waals surface area contributed by atoms with Crippen LogP contribution in [-0.4, -0.2) is 19.6 Å². The van der Waals surface area contributed by atoms with E-state index in [1.165, 1.54) is 22.3 Å². The van der Waals surface area contributed by atoms with E-state index in [4.69, 9.17) is 9.97 Å². The lowest BCUT2D eigenvalue weighted by Gasteiger charge is -2.27. The van der Waals surface area contributed by atoms with Crippen molar-refractivity contribution in [2.45, 2.75) is 72.6 Å². The molecule has 0 aliphatic rings. The molecule has 4 heteroatoms. The van der Waals surface area contributed by atoms with Crippen molar-refractivity contribution < 1.29 is 5.11 Å². The number of aromatic nitrogens is 3. The summed E-state index contributed by atoms with van der Waals surface area (Å²) in [4.78, 5) is 10.6. The number of aryl methyl sites for hydroxylation is 2. The number of hydrogen-bond donors (Lipinski definition) is 1. The van der Waals surface area contributed by atoms with E-state index in [9.17, 15) is 5.11 Å². The maximum atomic E-state index is 12.4. The molecule has 0 fully saturated rings. The lowest BCUT2D eigenvalue weighted by molar-refractivity contribution is 0.446. The lowest BCUT2D eigenvalue weighted by atomic mass is 9.79. The van der Waals surface area contributed by atoms with Gasteiger partial charge in [-0.1, -0.05) is 163 Å². The average Bonchev–Trinajstić information content (AvgIpc) is 3.68. The highest BCUT2D eigenvalue weighted by atomic mass is 16.3. The first-order valence-corrected chi connectivity index (χ1v) is 22.1. The Morgan fingerprint density at radius 1 is 0.524 bits per heavy atom. The van der Waals surface area contributed by atoms with Gasteiger partial charge < -0.3 is 5.11 Å². The van der Waals surface area contributed by atoms with Crippen LogP contribution in [0.3, 0.4) is 0 Å². The Bertz CT molecular complexity index is 3110. The van der Waals surface area contributed by atoms with Crippen LogP contribution in [0.1, 0.15) is 70.7 Å². The standard InChI is InChI=1S/C59H55N3O/c1-9-39-34-48(27-28-49(39)42-19-14-11-15-20-42)62-54-22-16-21-50(55(54)61-57(62)51-36-47(58(3,4)5)37-52(56(51)63)59(6,7)8)45-31-44(40-17-12-10-13-18-40)32-46(33-45)53-35-43(29-30-60-53)41-25-23-38(2)24-26-41/h10-37,63H,9H2,1-8H3. The summed E-state index contributed by atoms with van der Waals surface area (Å²) in [5, 5.41) is 12.4. The number of rotatable bonds is 8. The summed E-state index contributed by atoms with van der Waals surface area (Å²) < 4.78 is 2.26. The average molecular weight is 822 g/mol. The van der Waals surface area contributed by atoms with Gasteiger partial charge in [-0.25, -0.2) is 4.98 Å². The Balaban J connectivity index is 1.32. The SMILES string of the molecule is CCc1cc(-n2c(-c3cc(C(C)(C)C)cc(C(C)(C)C)c3O)nc3c(-c4cc(-c5ccccc5)cc(-c5cc(-c6ccc(C)cc6)ccn5)c4)cccc32)ccc1-c1ccccc1. The quantitative estimate of drug-likeness (QED) is 0.166. The van der Waals surface area contributed by atoms with E-state index in [2.05, 4.69) is 224 Å². The van der Waals surface area contributed by atoms with Gasteiger partial charge in [0.2, 0.25) is 0 Å². The summed E-state index contributed by atoms with van der Waals surface area (Å²) in [7, 11) is 0. The van der Waals surface area contributed by atoms with E-state index in [0.717, 1.165) is 84.5 Å². The summed E-state index contributed by atoms with van der Waals surface area (Å²) >= 11 is 0. The highest BCUT2D eigenvalue weighted by Gasteiger charge is 2.29. The van der Waals surface area contributed by atoms with E-state index in [1.54, 1.807) is 0 Å². The molecule has 2 aromatic heterocycles. The second kappa shape index (κ2) is 16.3. The predicted octanol–water partition coefficient (Wildman–Crippen LogP) is 15.6. The molecule has 9 rings (SSSR count). The predicted molar refractivity (Wildman–Crippen MR) is 265 cm³/mol. The van der Waals surface area contributed by atoms with Gasteiger partial charge in [0.1, 0.15) is 11.6 Å². The van der Waals surface area contributed by atoms with Crippen LogP contribution in [-0.2, 0) is 17.3 Å². The summed E-state index contributed by atoms with van der Waals surface area (Å²) in [6.07, 6.45) is 2.77. The molecule has 0 aliphatic carbocycles. The van der Waals surface area contributed by atoms with Crippen LogP contribution in [0.4, 0.5) is 0 Å². The van der Waals surface area contributed by atoms with Gasteiger partial charge in [0, 0.05) is 28.6 Å². The molecule has 0 atom stereocenters. The molecular formula is C59H55N3O. The second-order valence-corrected chi connectivity index (χ2v) is 18.9. The number of phenols is 1. The van der Waals surface area contributed by atoms with Crippen molar-refractivity contribution in [2.24, 2.45) is 0 Å². The third-order valence-electron chi connectivity index (χ3n) is 12.3. The molecule has 1 N–H and O–H groups in total. The van der Waals surface area contributed by atoms with Crippen molar-refractivity contribution in [3.8, 4) is 78.6 Å². The minimum absolute atomic E-state index is 0.170. The smallest absolute Gasteiger partial charge is 0.149 e. The molecule has 0 amide bonds. The van der Waals surface area contributed by atoms with Crippen LogP contribution in [0.5, 0.6) is 5.75 Å². The number of imidazole rings is 1. The monoisotopic (exact) mass is 821 g/mol. The Morgan fingerprint density at radius 3 is 1.87 bits per heavy atom. The van der Waals surface area contributed by atoms with Gasteiger partial charge in [0.05, 0.1) is 22.3 Å². The molecule has 0 aliphatic heterocycles. The van der Waals surface area contributed by atoms with Crippen LogP contribution >= 0.6 is 0 Å². The Hall–Kier alpha value is -7.04. The van der Waals surface area contributed by atoms with Crippen LogP contribution in [0.2, 0.25) is 0 Å². The molecule has 2 heterocycles. The molecule has 9 aromatic rings. The number of fused-ring (bicyclic) bond motifs is 1. The summed E-state index contributed by atoms with van der Waals surface area (Å²) in [6, 6.07) is 58.4. The topological polar surface area (TPSA) is 50.9 Å². The summed E-state index contributed by atoms with van der Waals surface area (Å²) in [5.74, 6) is 0.964. The molecular weight excluding hydrogens is 767 g/mol. The van der Waals surface area contributed by atoms with Crippen molar-refractivity contribution in [2.75, 3.05) is 0 Å². The number of nitrogens with zero attached hydrogens (tertiary/aromatic N) is 3. The van der Waals surface area contributed by atoms with E-state index in [1.807, 2.05) is 6.20 Å². The van der Waals surface area contributed by atoms with Crippen LogP contribution in [0, 0.1) is 6.92 Å². The molecule has 0 bridgehead atoms. The molecule has 0 saturated carbocycles. The van der Waals surface area contributed by atoms with E-state index < -0.39 is 0 Å². The third kappa shape index (κ3) is 8.10. The zero-order valence-electron chi connectivity index (χ0n) is 37.7. The zero-order chi connectivity index (χ0) is 44.0. The number of aromatic hydroxyl groups is 1. The van der Waals surface area contributed by atoms with Crippen LogP contribution < -0.4 is 0 Å². The Labute approximate surface area is 372 Å². The van der Waals surface area contributed by atoms with Gasteiger partial charge >= 0.3 is 0 Å². The first-order valence-electron chi connectivity index (χ1n) is 22.1. The van der Waals surface area contributed by atoms with Crippen molar-refractivity contribution >= 4 is 11.0 Å². The fraction of sp³-hybridized carbons (Fsp3) is 0.186. The normalized spacial score (nSPS) is 11.9. The number of phenolic OH excluding ortho intramolecular Hbond substituents is 1. The number of para-hydroxylation sites is 1. The fourth-order valence-electron chi connectivity index (χ4n) is 8.74. The number of pyridine rings is 1. The van der Waals surface area contributed by atoms with Gasteiger partial charge in [-0.3, -0.25) is 9.55 Å². The molecule has 0 spiro atoms. The van der Waals surface area contributed by atoms with E-state index >= 15 is 0 Å². The molecule has 0 saturated heterocycles. The highest BCUT2D eigenvalue weighted by Crippen LogP contribution is 2.45. The Morgan fingerprint density at radius 2 is 1.19 bits per heavy atom. The zero-order valence-corrected chi connectivity index (χ0v) is 37.7. The van der Waals surface area contributed by atoms with Gasteiger partial charge in [-0.05, 0) is 129 Å². The fourth-order valence-corrected chi connectivity index (χ4v) is 8.74. The van der Waals surface area contributed by atoms with E-state index in [-0.39, 0.29) is 16.6 Å². The second-order valence-electron chi connectivity index (χ2n) is 18.9. The summed E-state index contributed by atoms with van der Waals surface area (Å²) in [6.45, 7) is 17.5. The molecule has 7 aromatic carbocycles. The maximum Gasteiger partial charge on any atom is 0.149 e. The molecule has 312 valence electrons. The largest absolute Gasteiger partial charge is 0.507 e. The summed E-state index contributed by atoms with van der Waals surface area (Å²) in [5.41, 5.74) is 18.4. The first-order chi connectivity index (χ1) is 30.3. The van der Waals surface area contributed by atoms with Crippen LogP contribution in [0.25, 0.3) is 83.9 Å². The van der Waals surface area contributed by atoms with Gasteiger partial charge in [-0.15, -0.1) is 0 Å². The third-order valence-corrected chi connectivity index (χ3v) is 12.3. The van der Waals surface area contributed by atoms with E-state index in [0.29, 0.717) is 5.82 Å². The number of benzene rings is 7. The number of hydrogen-bond acceptors (Lipinski definition) is 3. The maximum absolute atomic E-state index is 12.4. The molecule has 63 heavy (non-hydrogen) atoms. The first kappa shape index (κ1) is 41.3. The molecule has 0 unspecified atom stereocenters.